The van der Waals surface area contributed by atoms with Crippen LogP contribution in [0.3, 0.4) is 0 Å². The summed E-state index contributed by atoms with van der Waals surface area (Å²) in [6.07, 6.45) is 5.25. The van der Waals surface area contributed by atoms with Crippen LogP contribution < -0.4 is 4.74 Å². The molecule has 222 valence electrons. The average molecular weight is 604 g/mol. The van der Waals surface area contributed by atoms with Gasteiger partial charge in [0.1, 0.15) is 11.9 Å². The number of amides is 1. The van der Waals surface area contributed by atoms with E-state index in [0.717, 1.165) is 30.4 Å². The van der Waals surface area contributed by atoms with E-state index in [-0.39, 0.29) is 28.2 Å². The van der Waals surface area contributed by atoms with Crippen molar-refractivity contribution in [3.63, 3.8) is 0 Å². The summed E-state index contributed by atoms with van der Waals surface area (Å²) in [5.74, 6) is -0.544. The highest BCUT2D eigenvalue weighted by Crippen LogP contribution is 2.43. The highest BCUT2D eigenvalue weighted by molar-refractivity contribution is 8.13. The minimum atomic E-state index is -3.39. The van der Waals surface area contributed by atoms with E-state index in [0.29, 0.717) is 25.1 Å². The SMILES string of the molecule is C=CCCCC1CC(OC(=O)c2ccc(S(C)(=O)=O)cc2)CC(OC)(C2CSC(=O)N2Cc2ccc(OC)cc2)O1. The third kappa shape index (κ3) is 7.51. The Bertz CT molecular complexity index is 1330. The highest BCUT2D eigenvalue weighted by atomic mass is 32.2. The van der Waals surface area contributed by atoms with Crippen LogP contribution in [0.5, 0.6) is 5.75 Å². The normalized spacial score (nSPS) is 24.7. The second-order valence-corrected chi connectivity index (χ2v) is 13.3. The van der Waals surface area contributed by atoms with Crippen LogP contribution in [0.4, 0.5) is 4.79 Å². The summed E-state index contributed by atoms with van der Waals surface area (Å²) in [4.78, 5) is 28.1. The summed E-state index contributed by atoms with van der Waals surface area (Å²) in [7, 11) is -0.219. The van der Waals surface area contributed by atoms with E-state index < -0.39 is 33.7 Å². The van der Waals surface area contributed by atoms with E-state index in [1.54, 1.807) is 19.1 Å². The molecule has 4 atom stereocenters. The van der Waals surface area contributed by atoms with Crippen molar-refractivity contribution in [3.05, 3.63) is 72.3 Å². The van der Waals surface area contributed by atoms with Gasteiger partial charge in [-0.25, -0.2) is 13.2 Å². The number of ether oxygens (including phenoxy) is 4. The number of esters is 1. The molecular weight excluding hydrogens is 566 g/mol. The van der Waals surface area contributed by atoms with Gasteiger partial charge >= 0.3 is 5.97 Å². The second kappa shape index (κ2) is 13.4. The van der Waals surface area contributed by atoms with Crippen LogP contribution in [-0.4, -0.2) is 74.8 Å². The number of carbonyl (C=O) groups is 2. The van der Waals surface area contributed by atoms with Crippen molar-refractivity contribution >= 4 is 32.8 Å². The van der Waals surface area contributed by atoms with Gasteiger partial charge in [0.05, 0.1) is 29.7 Å². The van der Waals surface area contributed by atoms with Crippen molar-refractivity contribution in [1.29, 1.82) is 0 Å². The highest BCUT2D eigenvalue weighted by Gasteiger charge is 2.54. The van der Waals surface area contributed by atoms with Crippen LogP contribution in [0.2, 0.25) is 0 Å². The monoisotopic (exact) mass is 603 g/mol. The summed E-state index contributed by atoms with van der Waals surface area (Å²) in [5, 5.41) is -0.0702. The fourth-order valence-electron chi connectivity index (χ4n) is 5.29. The first kappa shape index (κ1) is 31.1. The Morgan fingerprint density at radius 1 is 1.17 bits per heavy atom. The van der Waals surface area contributed by atoms with Gasteiger partial charge < -0.3 is 23.8 Å². The molecule has 2 heterocycles. The van der Waals surface area contributed by atoms with Gasteiger partial charge in [0, 0.05) is 38.5 Å². The molecule has 0 radical (unpaired) electrons. The van der Waals surface area contributed by atoms with Crippen molar-refractivity contribution in [3.8, 4) is 5.75 Å². The standard InChI is InChI=1S/C30H37NO8S2/c1-5-6-7-8-24-17-25(38-28(32)22-11-15-26(16-12-22)41(4,34)35)18-30(37-3,39-24)27-20-40-29(33)31(27)19-21-9-13-23(36-2)14-10-21/h5,9-16,24-25,27H,1,6-8,17-20H2,2-4H3. The molecule has 9 nitrogen and oxygen atoms in total. The summed E-state index contributed by atoms with van der Waals surface area (Å²) in [6, 6.07) is 12.8. The molecule has 0 aliphatic carbocycles. The predicted molar refractivity (Wildman–Crippen MR) is 157 cm³/mol. The summed E-state index contributed by atoms with van der Waals surface area (Å²) >= 11 is 1.22. The quantitative estimate of drug-likeness (QED) is 0.183. The number of unbranched alkanes of at least 4 members (excludes halogenated alkanes) is 1. The summed E-state index contributed by atoms with van der Waals surface area (Å²) in [6.45, 7) is 4.17. The van der Waals surface area contributed by atoms with Gasteiger partial charge in [-0.15, -0.1) is 6.58 Å². The molecule has 11 heteroatoms. The lowest BCUT2D eigenvalue weighted by molar-refractivity contribution is -0.304. The molecule has 0 aromatic heterocycles. The first-order valence-corrected chi connectivity index (χ1v) is 16.4. The van der Waals surface area contributed by atoms with E-state index in [1.165, 1.54) is 36.0 Å². The van der Waals surface area contributed by atoms with Crippen LogP contribution in [0.1, 0.15) is 48.0 Å². The molecule has 2 saturated heterocycles. The van der Waals surface area contributed by atoms with Crippen LogP contribution >= 0.6 is 11.8 Å². The van der Waals surface area contributed by atoms with E-state index in [2.05, 4.69) is 6.58 Å². The lowest BCUT2D eigenvalue weighted by Gasteiger charge is -2.48. The molecule has 0 bridgehead atoms. The predicted octanol–water partition coefficient (Wildman–Crippen LogP) is 5.24. The third-order valence-corrected chi connectivity index (χ3v) is 9.56. The molecule has 2 fully saturated rings. The number of carbonyl (C=O) groups excluding carboxylic acids is 2. The van der Waals surface area contributed by atoms with Gasteiger partial charge in [-0.2, -0.15) is 0 Å². The number of hydrogen-bond acceptors (Lipinski definition) is 9. The molecule has 2 aromatic rings. The van der Waals surface area contributed by atoms with Crippen LogP contribution in [0, 0.1) is 0 Å². The van der Waals surface area contributed by atoms with Gasteiger partial charge in [-0.1, -0.05) is 30.0 Å². The Labute approximate surface area is 246 Å². The molecule has 0 N–H and O–H groups in total. The fraction of sp³-hybridized carbons (Fsp3) is 0.467. The number of allylic oxidation sites excluding steroid dienone is 1. The first-order chi connectivity index (χ1) is 19.6. The number of methoxy groups -OCH3 is 2. The minimum absolute atomic E-state index is 0.0702. The van der Waals surface area contributed by atoms with E-state index in [1.807, 2.05) is 30.3 Å². The lowest BCUT2D eigenvalue weighted by atomic mass is 9.90. The Kier molecular flexibility index (Phi) is 10.2. The fourth-order valence-corrected chi connectivity index (χ4v) is 7.01. The zero-order valence-corrected chi connectivity index (χ0v) is 25.2. The van der Waals surface area contributed by atoms with Gasteiger partial charge in [-0.05, 0) is 61.2 Å². The van der Waals surface area contributed by atoms with Crippen LogP contribution in [0.25, 0.3) is 0 Å². The van der Waals surface area contributed by atoms with E-state index >= 15 is 0 Å². The zero-order chi connectivity index (χ0) is 29.6. The number of benzene rings is 2. The Morgan fingerprint density at radius 2 is 1.88 bits per heavy atom. The maximum absolute atomic E-state index is 13.1. The lowest BCUT2D eigenvalue weighted by Crippen LogP contribution is -2.60. The number of hydrogen-bond donors (Lipinski definition) is 0. The van der Waals surface area contributed by atoms with Gasteiger partial charge in [0.15, 0.2) is 15.6 Å². The summed E-state index contributed by atoms with van der Waals surface area (Å²) in [5.41, 5.74) is 1.19. The summed E-state index contributed by atoms with van der Waals surface area (Å²) < 4.78 is 47.6. The number of nitrogens with zero attached hydrogens (tertiary/aromatic N) is 1. The van der Waals surface area contributed by atoms with Gasteiger partial charge in [-0.3, -0.25) is 4.79 Å². The maximum atomic E-state index is 13.1. The zero-order valence-electron chi connectivity index (χ0n) is 23.6. The van der Waals surface area contributed by atoms with Crippen LogP contribution in [-0.2, 0) is 30.6 Å². The molecule has 0 saturated carbocycles. The van der Waals surface area contributed by atoms with Crippen LogP contribution in [0.15, 0.2) is 66.1 Å². The molecule has 2 aromatic carbocycles. The molecule has 1 amide bonds. The Hall–Kier alpha value is -2.86. The largest absolute Gasteiger partial charge is 0.497 e. The molecule has 2 aliphatic rings. The Morgan fingerprint density at radius 3 is 2.49 bits per heavy atom. The molecule has 4 rings (SSSR count). The molecule has 0 spiro atoms. The number of thioether (sulfide) groups is 1. The molecule has 41 heavy (non-hydrogen) atoms. The van der Waals surface area contributed by atoms with Crippen molar-refractivity contribution in [2.45, 2.75) is 67.6 Å². The molecular formula is C30H37NO8S2. The van der Waals surface area contributed by atoms with E-state index in [9.17, 15) is 18.0 Å². The van der Waals surface area contributed by atoms with Gasteiger partial charge in [0.25, 0.3) is 5.24 Å². The molecule has 2 aliphatic heterocycles. The smallest absolute Gasteiger partial charge is 0.338 e. The van der Waals surface area contributed by atoms with Crippen molar-refractivity contribution in [2.24, 2.45) is 0 Å². The second-order valence-electron chi connectivity index (χ2n) is 10.3. The number of rotatable bonds is 12. The van der Waals surface area contributed by atoms with Crippen molar-refractivity contribution in [1.82, 2.24) is 4.90 Å². The number of sulfone groups is 1. The average Bonchev–Trinajstić information content (AvgIpc) is 3.33. The minimum Gasteiger partial charge on any atom is -0.497 e. The van der Waals surface area contributed by atoms with Crippen molar-refractivity contribution < 1.29 is 37.0 Å². The topological polar surface area (TPSA) is 108 Å². The first-order valence-electron chi connectivity index (χ1n) is 13.5. The van der Waals surface area contributed by atoms with Gasteiger partial charge in [0.2, 0.25) is 0 Å². The Balaban J connectivity index is 1.57. The molecule has 4 unspecified atom stereocenters. The third-order valence-electron chi connectivity index (χ3n) is 7.47. The van der Waals surface area contributed by atoms with Crippen molar-refractivity contribution in [2.75, 3.05) is 26.2 Å². The van der Waals surface area contributed by atoms with E-state index in [4.69, 9.17) is 18.9 Å². The maximum Gasteiger partial charge on any atom is 0.338 e.